The molecule has 0 aliphatic rings. The van der Waals surface area contributed by atoms with Crippen molar-refractivity contribution < 1.29 is 17.9 Å². The summed E-state index contributed by atoms with van der Waals surface area (Å²) in [7, 11) is -2.10. The summed E-state index contributed by atoms with van der Waals surface area (Å²) in [5.41, 5.74) is 5.81. The first-order chi connectivity index (χ1) is 10.0. The number of hydrogen-bond acceptors (Lipinski definition) is 5. The standard InChI is InChI=1S/C14H20N2O4S/c1-3-20-10-9-16-21(17,18)13-6-7-14(19-2)12(11-13)5-4-8-15/h6-7,11,16H,3,8-10,15H2,1-2H3. The number of sulfonamides is 1. The molecule has 1 rings (SSSR count). The Morgan fingerprint density at radius 3 is 2.76 bits per heavy atom. The van der Waals surface area contributed by atoms with Crippen LogP contribution in [0.2, 0.25) is 0 Å². The van der Waals surface area contributed by atoms with Crippen LogP contribution < -0.4 is 15.2 Å². The maximum absolute atomic E-state index is 12.1. The zero-order chi connectivity index (χ0) is 15.7. The summed E-state index contributed by atoms with van der Waals surface area (Å²) >= 11 is 0. The smallest absolute Gasteiger partial charge is 0.240 e. The molecule has 3 N–H and O–H groups in total. The molecule has 0 atom stereocenters. The summed E-state index contributed by atoms with van der Waals surface area (Å²) < 4.78 is 37.0. The second kappa shape index (κ2) is 8.64. The van der Waals surface area contributed by atoms with Crippen molar-refractivity contribution in [1.29, 1.82) is 0 Å². The fraction of sp³-hybridized carbons (Fsp3) is 0.429. The van der Waals surface area contributed by atoms with Gasteiger partial charge in [-0.05, 0) is 25.1 Å². The Labute approximate surface area is 125 Å². The Balaban J connectivity index is 2.96. The molecule has 0 heterocycles. The highest BCUT2D eigenvalue weighted by atomic mass is 32.2. The molecule has 0 radical (unpaired) electrons. The average Bonchev–Trinajstić information content (AvgIpc) is 2.49. The minimum absolute atomic E-state index is 0.126. The fourth-order valence-corrected chi connectivity index (χ4v) is 2.61. The molecule has 0 spiro atoms. The zero-order valence-corrected chi connectivity index (χ0v) is 13.0. The Morgan fingerprint density at radius 2 is 2.14 bits per heavy atom. The Hall–Kier alpha value is -1.59. The predicted octanol–water partition coefficient (Wildman–Crippen LogP) is 0.320. The SMILES string of the molecule is CCOCCNS(=O)(=O)c1ccc(OC)c(C#CCN)c1. The van der Waals surface area contributed by atoms with E-state index in [9.17, 15) is 8.42 Å². The lowest BCUT2D eigenvalue weighted by molar-refractivity contribution is 0.153. The number of rotatable bonds is 7. The number of ether oxygens (including phenoxy) is 2. The molecular formula is C14H20N2O4S. The third kappa shape index (κ3) is 5.36. The van der Waals surface area contributed by atoms with E-state index < -0.39 is 10.0 Å². The van der Waals surface area contributed by atoms with Crippen LogP contribution in [0.5, 0.6) is 5.75 Å². The van der Waals surface area contributed by atoms with Gasteiger partial charge in [0.1, 0.15) is 5.75 Å². The lowest BCUT2D eigenvalue weighted by Gasteiger charge is -2.09. The molecule has 1 aromatic rings. The summed E-state index contributed by atoms with van der Waals surface area (Å²) in [6.45, 7) is 3.12. The Morgan fingerprint density at radius 1 is 1.38 bits per heavy atom. The van der Waals surface area contributed by atoms with E-state index in [0.717, 1.165) is 0 Å². The Kier molecular flexibility index (Phi) is 7.19. The summed E-state index contributed by atoms with van der Waals surface area (Å²) in [6, 6.07) is 4.50. The van der Waals surface area contributed by atoms with Crippen molar-refractivity contribution in [2.24, 2.45) is 5.73 Å². The third-order valence-electron chi connectivity index (χ3n) is 2.55. The molecule has 7 heteroatoms. The van der Waals surface area contributed by atoms with E-state index >= 15 is 0 Å². The van der Waals surface area contributed by atoms with Gasteiger partial charge in [-0.3, -0.25) is 0 Å². The number of methoxy groups -OCH3 is 1. The predicted molar refractivity (Wildman–Crippen MR) is 80.6 cm³/mol. The van der Waals surface area contributed by atoms with E-state index in [2.05, 4.69) is 16.6 Å². The van der Waals surface area contributed by atoms with E-state index in [1.165, 1.54) is 19.2 Å². The van der Waals surface area contributed by atoms with Gasteiger partial charge in [0.25, 0.3) is 0 Å². The zero-order valence-electron chi connectivity index (χ0n) is 12.2. The highest BCUT2D eigenvalue weighted by molar-refractivity contribution is 7.89. The third-order valence-corrected chi connectivity index (χ3v) is 4.01. The monoisotopic (exact) mass is 312 g/mol. The highest BCUT2D eigenvalue weighted by Gasteiger charge is 2.15. The van der Waals surface area contributed by atoms with Gasteiger partial charge in [0.05, 0.1) is 30.7 Å². The van der Waals surface area contributed by atoms with Gasteiger partial charge >= 0.3 is 0 Å². The maximum atomic E-state index is 12.1. The van der Waals surface area contributed by atoms with Crippen LogP contribution in [-0.2, 0) is 14.8 Å². The fourth-order valence-electron chi connectivity index (χ4n) is 1.57. The van der Waals surface area contributed by atoms with E-state index in [0.29, 0.717) is 24.5 Å². The first kappa shape index (κ1) is 17.5. The van der Waals surface area contributed by atoms with Crippen molar-refractivity contribution in [2.45, 2.75) is 11.8 Å². The summed E-state index contributed by atoms with van der Waals surface area (Å²) in [5, 5.41) is 0. The number of nitrogens with one attached hydrogen (secondary N) is 1. The topological polar surface area (TPSA) is 90.6 Å². The van der Waals surface area contributed by atoms with E-state index in [-0.39, 0.29) is 18.0 Å². The van der Waals surface area contributed by atoms with Gasteiger partial charge in [0.2, 0.25) is 10.0 Å². The van der Waals surface area contributed by atoms with E-state index in [1.807, 2.05) is 6.92 Å². The van der Waals surface area contributed by atoms with Crippen molar-refractivity contribution in [3.8, 4) is 17.6 Å². The minimum atomic E-state index is -3.60. The van der Waals surface area contributed by atoms with Crippen LogP contribution in [0.3, 0.4) is 0 Å². The first-order valence-electron chi connectivity index (χ1n) is 6.49. The van der Waals surface area contributed by atoms with Gasteiger partial charge in [-0.2, -0.15) is 0 Å². The minimum Gasteiger partial charge on any atom is -0.495 e. The van der Waals surface area contributed by atoms with Crippen LogP contribution in [0.4, 0.5) is 0 Å². The molecule has 6 nitrogen and oxygen atoms in total. The van der Waals surface area contributed by atoms with Crippen molar-refractivity contribution in [2.75, 3.05) is 33.4 Å². The summed E-state index contributed by atoms with van der Waals surface area (Å²) in [6.07, 6.45) is 0. The van der Waals surface area contributed by atoms with Crippen LogP contribution in [0.25, 0.3) is 0 Å². The second-order valence-corrected chi connectivity index (χ2v) is 5.73. The number of benzene rings is 1. The molecule has 0 saturated carbocycles. The molecular weight excluding hydrogens is 292 g/mol. The van der Waals surface area contributed by atoms with Crippen molar-refractivity contribution in [3.05, 3.63) is 23.8 Å². The largest absolute Gasteiger partial charge is 0.495 e. The van der Waals surface area contributed by atoms with Crippen molar-refractivity contribution >= 4 is 10.0 Å². The number of nitrogens with two attached hydrogens (primary N) is 1. The lowest BCUT2D eigenvalue weighted by Crippen LogP contribution is -2.27. The molecule has 0 saturated heterocycles. The van der Waals surface area contributed by atoms with Gasteiger partial charge in [0.15, 0.2) is 0 Å². The van der Waals surface area contributed by atoms with Crippen molar-refractivity contribution in [3.63, 3.8) is 0 Å². The van der Waals surface area contributed by atoms with E-state index in [4.69, 9.17) is 15.2 Å². The normalized spacial score (nSPS) is 10.8. The van der Waals surface area contributed by atoms with Crippen LogP contribution >= 0.6 is 0 Å². The van der Waals surface area contributed by atoms with Crippen LogP contribution in [0, 0.1) is 11.8 Å². The quantitative estimate of drug-likeness (QED) is 0.559. The molecule has 0 aromatic heterocycles. The van der Waals surface area contributed by atoms with Gasteiger partial charge in [-0.1, -0.05) is 11.8 Å². The summed E-state index contributed by atoms with van der Waals surface area (Å²) in [4.78, 5) is 0.126. The molecule has 0 amide bonds. The molecule has 0 unspecified atom stereocenters. The van der Waals surface area contributed by atoms with Crippen molar-refractivity contribution in [1.82, 2.24) is 4.72 Å². The van der Waals surface area contributed by atoms with Crippen LogP contribution in [-0.4, -0.2) is 41.8 Å². The van der Waals surface area contributed by atoms with Crippen LogP contribution in [0.1, 0.15) is 12.5 Å². The lowest BCUT2D eigenvalue weighted by atomic mass is 10.2. The molecule has 0 aliphatic heterocycles. The van der Waals surface area contributed by atoms with E-state index in [1.54, 1.807) is 6.07 Å². The van der Waals surface area contributed by atoms with Gasteiger partial charge < -0.3 is 15.2 Å². The average molecular weight is 312 g/mol. The van der Waals surface area contributed by atoms with Gasteiger partial charge in [-0.15, -0.1) is 0 Å². The molecule has 0 bridgehead atoms. The number of hydrogen-bond donors (Lipinski definition) is 2. The van der Waals surface area contributed by atoms with Gasteiger partial charge in [0, 0.05) is 13.2 Å². The molecule has 0 fully saturated rings. The molecule has 1 aromatic carbocycles. The second-order valence-electron chi connectivity index (χ2n) is 3.96. The maximum Gasteiger partial charge on any atom is 0.240 e. The highest BCUT2D eigenvalue weighted by Crippen LogP contribution is 2.21. The Bertz CT molecular complexity index is 618. The first-order valence-corrected chi connectivity index (χ1v) is 7.97. The molecule has 0 aliphatic carbocycles. The molecule has 116 valence electrons. The molecule has 21 heavy (non-hydrogen) atoms. The van der Waals surface area contributed by atoms with Gasteiger partial charge in [-0.25, -0.2) is 13.1 Å². The van der Waals surface area contributed by atoms with Crippen LogP contribution in [0.15, 0.2) is 23.1 Å². The summed E-state index contributed by atoms with van der Waals surface area (Å²) in [5.74, 6) is 5.98.